The predicted octanol–water partition coefficient (Wildman–Crippen LogP) is 2.15. The SMILES string of the molecule is Cc1nnsc1C(N)Cc1cccs1. The summed E-state index contributed by atoms with van der Waals surface area (Å²) in [6.07, 6.45) is 0.877. The van der Waals surface area contributed by atoms with E-state index in [4.69, 9.17) is 5.73 Å². The van der Waals surface area contributed by atoms with Crippen LogP contribution in [0.4, 0.5) is 0 Å². The molecule has 2 rings (SSSR count). The number of aryl methyl sites for hydroxylation is 1. The molecule has 5 heteroatoms. The summed E-state index contributed by atoms with van der Waals surface area (Å²) in [5.74, 6) is 0. The molecule has 2 aromatic rings. The van der Waals surface area contributed by atoms with Gasteiger partial charge >= 0.3 is 0 Å². The Kier molecular flexibility index (Phi) is 2.90. The first-order valence-electron chi connectivity index (χ1n) is 4.34. The Morgan fingerprint density at radius 2 is 2.43 bits per heavy atom. The zero-order valence-electron chi connectivity index (χ0n) is 7.80. The number of nitrogens with zero attached hydrogens (tertiary/aromatic N) is 2. The molecule has 3 nitrogen and oxygen atoms in total. The Hall–Kier alpha value is -0.780. The lowest BCUT2D eigenvalue weighted by Crippen LogP contribution is -2.12. The van der Waals surface area contributed by atoms with Gasteiger partial charge in [-0.3, -0.25) is 0 Å². The number of hydrogen-bond donors (Lipinski definition) is 1. The summed E-state index contributed by atoms with van der Waals surface area (Å²) in [7, 11) is 0. The normalized spacial score (nSPS) is 13.0. The molecule has 0 aromatic carbocycles. The molecule has 0 aliphatic carbocycles. The Bertz CT molecular complexity index is 394. The first-order chi connectivity index (χ1) is 6.77. The molecule has 2 heterocycles. The van der Waals surface area contributed by atoms with Crippen molar-refractivity contribution in [3.05, 3.63) is 33.0 Å². The zero-order chi connectivity index (χ0) is 9.97. The van der Waals surface area contributed by atoms with Gasteiger partial charge in [-0.1, -0.05) is 10.6 Å². The fourth-order valence-corrected chi connectivity index (χ4v) is 2.72. The lowest BCUT2D eigenvalue weighted by molar-refractivity contribution is 0.736. The van der Waals surface area contributed by atoms with Crippen LogP contribution in [0.5, 0.6) is 0 Å². The molecule has 0 aliphatic heterocycles. The van der Waals surface area contributed by atoms with Crippen LogP contribution in [0.15, 0.2) is 17.5 Å². The van der Waals surface area contributed by atoms with Gasteiger partial charge in [-0.25, -0.2) is 0 Å². The molecular weight excluding hydrogens is 214 g/mol. The highest BCUT2D eigenvalue weighted by atomic mass is 32.1. The van der Waals surface area contributed by atoms with Crippen LogP contribution < -0.4 is 5.73 Å². The van der Waals surface area contributed by atoms with Crippen molar-refractivity contribution in [1.29, 1.82) is 0 Å². The van der Waals surface area contributed by atoms with E-state index in [1.165, 1.54) is 16.4 Å². The van der Waals surface area contributed by atoms with Crippen molar-refractivity contribution in [2.75, 3.05) is 0 Å². The molecule has 0 saturated heterocycles. The second kappa shape index (κ2) is 4.16. The number of thiophene rings is 1. The second-order valence-electron chi connectivity index (χ2n) is 3.11. The minimum absolute atomic E-state index is 0.0358. The molecule has 0 bridgehead atoms. The quantitative estimate of drug-likeness (QED) is 0.870. The third kappa shape index (κ3) is 2.00. The summed E-state index contributed by atoms with van der Waals surface area (Å²) >= 11 is 3.14. The van der Waals surface area contributed by atoms with E-state index in [0.717, 1.165) is 17.0 Å². The summed E-state index contributed by atoms with van der Waals surface area (Å²) in [4.78, 5) is 2.41. The summed E-state index contributed by atoms with van der Waals surface area (Å²) < 4.78 is 3.89. The average Bonchev–Trinajstić information content (AvgIpc) is 2.75. The highest BCUT2D eigenvalue weighted by Gasteiger charge is 2.13. The number of nitrogens with two attached hydrogens (primary N) is 1. The second-order valence-corrected chi connectivity index (χ2v) is 4.93. The minimum atomic E-state index is 0.0358. The lowest BCUT2D eigenvalue weighted by Gasteiger charge is -2.07. The molecule has 2 aromatic heterocycles. The first-order valence-corrected chi connectivity index (χ1v) is 5.99. The van der Waals surface area contributed by atoms with E-state index in [0.29, 0.717) is 0 Å². The summed E-state index contributed by atoms with van der Waals surface area (Å²) in [5.41, 5.74) is 7.03. The Balaban J connectivity index is 2.10. The largest absolute Gasteiger partial charge is 0.323 e. The Labute approximate surface area is 90.8 Å². The maximum absolute atomic E-state index is 6.07. The standard InChI is InChI=1S/C9H11N3S2/c1-6-9(14-12-11-6)8(10)5-7-3-2-4-13-7/h2-4,8H,5,10H2,1H3. The first kappa shape index (κ1) is 9.76. The van der Waals surface area contributed by atoms with Crippen molar-refractivity contribution in [3.63, 3.8) is 0 Å². The van der Waals surface area contributed by atoms with Gasteiger partial charge in [-0.2, -0.15) is 0 Å². The molecule has 0 spiro atoms. The number of aromatic nitrogens is 2. The maximum atomic E-state index is 6.07. The Morgan fingerprint density at radius 1 is 1.57 bits per heavy atom. The van der Waals surface area contributed by atoms with Crippen LogP contribution in [0.2, 0.25) is 0 Å². The summed E-state index contributed by atoms with van der Waals surface area (Å²) in [6, 6.07) is 4.19. The van der Waals surface area contributed by atoms with E-state index in [2.05, 4.69) is 21.0 Å². The van der Waals surface area contributed by atoms with Crippen LogP contribution in [0.3, 0.4) is 0 Å². The molecule has 0 fully saturated rings. The van der Waals surface area contributed by atoms with Crippen molar-refractivity contribution in [3.8, 4) is 0 Å². The van der Waals surface area contributed by atoms with Crippen molar-refractivity contribution in [1.82, 2.24) is 9.59 Å². The predicted molar refractivity (Wildman–Crippen MR) is 59.6 cm³/mol. The van der Waals surface area contributed by atoms with E-state index in [9.17, 15) is 0 Å². The monoisotopic (exact) mass is 225 g/mol. The van der Waals surface area contributed by atoms with Gasteiger partial charge in [0.05, 0.1) is 10.6 Å². The van der Waals surface area contributed by atoms with E-state index in [1.54, 1.807) is 11.3 Å². The minimum Gasteiger partial charge on any atom is -0.323 e. The van der Waals surface area contributed by atoms with Crippen LogP contribution in [-0.4, -0.2) is 9.59 Å². The van der Waals surface area contributed by atoms with Crippen LogP contribution in [0, 0.1) is 6.92 Å². The Morgan fingerprint density at radius 3 is 3.00 bits per heavy atom. The molecular formula is C9H11N3S2. The van der Waals surface area contributed by atoms with Crippen LogP contribution in [-0.2, 0) is 6.42 Å². The molecule has 0 radical (unpaired) electrons. The highest BCUT2D eigenvalue weighted by Crippen LogP contribution is 2.23. The molecule has 2 N–H and O–H groups in total. The fraction of sp³-hybridized carbons (Fsp3) is 0.333. The van der Waals surface area contributed by atoms with Gasteiger partial charge in [-0.05, 0) is 29.9 Å². The van der Waals surface area contributed by atoms with E-state index in [1.807, 2.05) is 13.0 Å². The van der Waals surface area contributed by atoms with Crippen molar-refractivity contribution >= 4 is 22.9 Å². The van der Waals surface area contributed by atoms with Gasteiger partial charge in [0.25, 0.3) is 0 Å². The lowest BCUT2D eigenvalue weighted by atomic mass is 10.1. The highest BCUT2D eigenvalue weighted by molar-refractivity contribution is 7.10. The third-order valence-corrected chi connectivity index (χ3v) is 3.88. The summed E-state index contributed by atoms with van der Waals surface area (Å²) in [5, 5.41) is 6.03. The molecule has 0 aliphatic rings. The van der Waals surface area contributed by atoms with Crippen molar-refractivity contribution in [2.45, 2.75) is 19.4 Å². The third-order valence-electron chi connectivity index (χ3n) is 2.02. The topological polar surface area (TPSA) is 51.8 Å². The average molecular weight is 225 g/mol. The molecule has 0 saturated carbocycles. The van der Waals surface area contributed by atoms with E-state index >= 15 is 0 Å². The molecule has 14 heavy (non-hydrogen) atoms. The van der Waals surface area contributed by atoms with Crippen molar-refractivity contribution in [2.24, 2.45) is 5.73 Å². The number of hydrogen-bond acceptors (Lipinski definition) is 5. The van der Waals surface area contributed by atoms with Crippen LogP contribution in [0.25, 0.3) is 0 Å². The van der Waals surface area contributed by atoms with Gasteiger partial charge in [0.15, 0.2) is 0 Å². The van der Waals surface area contributed by atoms with Gasteiger partial charge in [0.1, 0.15) is 0 Å². The van der Waals surface area contributed by atoms with Gasteiger partial charge in [0.2, 0.25) is 0 Å². The maximum Gasteiger partial charge on any atom is 0.0772 e. The molecule has 1 atom stereocenters. The van der Waals surface area contributed by atoms with Crippen LogP contribution in [0.1, 0.15) is 21.5 Å². The van der Waals surface area contributed by atoms with Gasteiger partial charge in [0, 0.05) is 17.3 Å². The van der Waals surface area contributed by atoms with E-state index < -0.39 is 0 Å². The van der Waals surface area contributed by atoms with Gasteiger partial charge in [-0.15, -0.1) is 16.4 Å². The molecule has 1 unspecified atom stereocenters. The van der Waals surface area contributed by atoms with Crippen LogP contribution >= 0.6 is 22.9 Å². The smallest absolute Gasteiger partial charge is 0.0772 e. The molecule has 74 valence electrons. The van der Waals surface area contributed by atoms with Crippen molar-refractivity contribution < 1.29 is 0 Å². The zero-order valence-corrected chi connectivity index (χ0v) is 9.44. The van der Waals surface area contributed by atoms with Gasteiger partial charge < -0.3 is 5.73 Å². The molecule has 0 amide bonds. The number of rotatable bonds is 3. The van der Waals surface area contributed by atoms with E-state index in [-0.39, 0.29) is 6.04 Å². The fourth-order valence-electron chi connectivity index (χ4n) is 1.32. The summed E-state index contributed by atoms with van der Waals surface area (Å²) in [6.45, 7) is 1.95.